The average Bonchev–Trinajstić information content (AvgIpc) is 2.77. The number of benzene rings is 1. The van der Waals surface area contributed by atoms with Gasteiger partial charge in [-0.1, -0.05) is 12.1 Å². The molecular weight excluding hydrogens is 260 g/mol. The van der Waals surface area contributed by atoms with Crippen molar-refractivity contribution in [3.8, 4) is 0 Å². The van der Waals surface area contributed by atoms with Gasteiger partial charge in [-0.05, 0) is 31.4 Å². The second kappa shape index (κ2) is 5.41. The topological polar surface area (TPSA) is 49.4 Å². The third kappa shape index (κ3) is 3.21. The molecule has 4 nitrogen and oxygen atoms in total. The second-order valence-electron chi connectivity index (χ2n) is 5.46. The van der Waals surface area contributed by atoms with Crippen LogP contribution in [0.2, 0.25) is 0 Å². The minimum Gasteiger partial charge on any atom is -0.379 e. The van der Waals surface area contributed by atoms with E-state index in [1.54, 1.807) is 0 Å². The Hall–Kier alpha value is -1.23. The molecule has 0 spiro atoms. The van der Waals surface area contributed by atoms with Crippen molar-refractivity contribution in [3.05, 3.63) is 24.3 Å². The minimum atomic E-state index is -2.98. The standard InChI is InChI=1S/C14H22N2O2S/c1-16(2)13-9-5-4-7-11(13)15-12-8-6-10-14(12)19(3,17)18/h4-5,7,9,12,14-15H,6,8,10H2,1-3H3. The molecule has 5 heteroatoms. The van der Waals surface area contributed by atoms with Crippen LogP contribution in [0.1, 0.15) is 19.3 Å². The van der Waals surface area contributed by atoms with Crippen LogP contribution in [0.15, 0.2) is 24.3 Å². The highest BCUT2D eigenvalue weighted by Crippen LogP contribution is 2.31. The van der Waals surface area contributed by atoms with E-state index in [4.69, 9.17) is 0 Å². The monoisotopic (exact) mass is 282 g/mol. The Balaban J connectivity index is 2.22. The molecule has 1 fully saturated rings. The zero-order valence-corrected chi connectivity index (χ0v) is 12.6. The van der Waals surface area contributed by atoms with Crippen LogP contribution in [-0.4, -0.2) is 40.1 Å². The molecule has 0 radical (unpaired) electrons. The molecule has 0 heterocycles. The van der Waals surface area contributed by atoms with Crippen LogP contribution >= 0.6 is 0 Å². The molecule has 106 valence electrons. The number of nitrogens with zero attached hydrogens (tertiary/aromatic N) is 1. The number of hydrogen-bond donors (Lipinski definition) is 1. The average molecular weight is 282 g/mol. The molecule has 0 aliphatic heterocycles. The van der Waals surface area contributed by atoms with Gasteiger partial charge in [-0.25, -0.2) is 8.42 Å². The first-order chi connectivity index (χ1) is 8.89. The van der Waals surface area contributed by atoms with Crippen LogP contribution in [0.25, 0.3) is 0 Å². The molecule has 1 N–H and O–H groups in total. The molecule has 1 aliphatic rings. The Labute approximate surface area is 115 Å². The fraction of sp³-hybridized carbons (Fsp3) is 0.571. The summed E-state index contributed by atoms with van der Waals surface area (Å²) in [7, 11) is 0.998. The summed E-state index contributed by atoms with van der Waals surface area (Å²) < 4.78 is 23.6. The summed E-state index contributed by atoms with van der Waals surface area (Å²) in [6.45, 7) is 0. The number of hydrogen-bond acceptors (Lipinski definition) is 4. The molecule has 0 aromatic heterocycles. The van der Waals surface area contributed by atoms with E-state index in [1.807, 2.05) is 43.3 Å². The van der Waals surface area contributed by atoms with E-state index in [2.05, 4.69) is 5.32 Å². The van der Waals surface area contributed by atoms with Gasteiger partial charge in [0.05, 0.1) is 16.6 Å². The maximum atomic E-state index is 11.8. The van der Waals surface area contributed by atoms with Gasteiger partial charge < -0.3 is 10.2 Å². The van der Waals surface area contributed by atoms with Crippen LogP contribution in [0, 0.1) is 0 Å². The summed E-state index contributed by atoms with van der Waals surface area (Å²) >= 11 is 0. The molecule has 1 aliphatic carbocycles. The SMILES string of the molecule is CN(C)c1ccccc1NC1CCCC1S(C)(=O)=O. The van der Waals surface area contributed by atoms with E-state index in [0.29, 0.717) is 0 Å². The predicted molar refractivity (Wildman–Crippen MR) is 80.7 cm³/mol. The molecule has 2 rings (SSSR count). The molecule has 1 aromatic carbocycles. The first-order valence-corrected chi connectivity index (χ1v) is 8.57. The quantitative estimate of drug-likeness (QED) is 0.919. The van der Waals surface area contributed by atoms with Crippen LogP contribution in [0.5, 0.6) is 0 Å². The minimum absolute atomic E-state index is 0.0242. The molecular formula is C14H22N2O2S. The van der Waals surface area contributed by atoms with Gasteiger partial charge in [0, 0.05) is 26.4 Å². The third-order valence-electron chi connectivity index (χ3n) is 3.73. The summed E-state index contributed by atoms with van der Waals surface area (Å²) in [5.74, 6) is 0. The van der Waals surface area contributed by atoms with Crippen molar-refractivity contribution in [3.63, 3.8) is 0 Å². The van der Waals surface area contributed by atoms with Crippen molar-refractivity contribution >= 4 is 21.2 Å². The lowest BCUT2D eigenvalue weighted by Crippen LogP contribution is -2.34. The molecule has 1 saturated carbocycles. The molecule has 0 amide bonds. The lowest BCUT2D eigenvalue weighted by atomic mass is 10.2. The predicted octanol–water partition coefficient (Wildman–Crippen LogP) is 2.13. The number of nitrogens with one attached hydrogen (secondary N) is 1. The first kappa shape index (κ1) is 14.2. The van der Waals surface area contributed by atoms with E-state index in [9.17, 15) is 8.42 Å². The molecule has 1 aromatic rings. The van der Waals surface area contributed by atoms with Crippen molar-refractivity contribution < 1.29 is 8.42 Å². The van der Waals surface area contributed by atoms with Gasteiger partial charge in [-0.3, -0.25) is 0 Å². The number of rotatable bonds is 4. The van der Waals surface area contributed by atoms with Crippen LogP contribution < -0.4 is 10.2 Å². The molecule has 19 heavy (non-hydrogen) atoms. The van der Waals surface area contributed by atoms with Crippen LogP contribution in [0.3, 0.4) is 0 Å². The molecule has 0 saturated heterocycles. The van der Waals surface area contributed by atoms with Crippen LogP contribution in [-0.2, 0) is 9.84 Å². The fourth-order valence-corrected chi connectivity index (χ4v) is 4.18. The van der Waals surface area contributed by atoms with E-state index < -0.39 is 9.84 Å². The maximum Gasteiger partial charge on any atom is 0.152 e. The summed E-state index contributed by atoms with van der Waals surface area (Å²) in [6.07, 6.45) is 4.00. The van der Waals surface area contributed by atoms with Gasteiger partial charge in [-0.2, -0.15) is 0 Å². The summed E-state index contributed by atoms with van der Waals surface area (Å²) in [5.41, 5.74) is 2.09. The second-order valence-corrected chi connectivity index (χ2v) is 7.73. The van der Waals surface area contributed by atoms with Crippen molar-refractivity contribution in [2.45, 2.75) is 30.6 Å². The van der Waals surface area contributed by atoms with E-state index in [0.717, 1.165) is 30.6 Å². The fourth-order valence-electron chi connectivity index (χ4n) is 2.79. The van der Waals surface area contributed by atoms with Gasteiger partial charge in [0.25, 0.3) is 0 Å². The maximum absolute atomic E-state index is 11.8. The Morgan fingerprint density at radius 2 is 1.89 bits per heavy atom. The zero-order valence-electron chi connectivity index (χ0n) is 11.8. The molecule has 2 unspecified atom stereocenters. The normalized spacial score (nSPS) is 23.3. The Kier molecular flexibility index (Phi) is 4.04. The molecule has 0 bridgehead atoms. The molecule has 2 atom stereocenters. The Morgan fingerprint density at radius 1 is 1.21 bits per heavy atom. The Morgan fingerprint density at radius 3 is 2.53 bits per heavy atom. The zero-order chi connectivity index (χ0) is 14.0. The highest BCUT2D eigenvalue weighted by atomic mass is 32.2. The lowest BCUT2D eigenvalue weighted by Gasteiger charge is -2.24. The number of para-hydroxylation sites is 2. The Bertz CT molecular complexity index is 540. The number of anilines is 2. The van der Waals surface area contributed by atoms with Gasteiger partial charge in [-0.15, -0.1) is 0 Å². The largest absolute Gasteiger partial charge is 0.379 e. The van der Waals surface area contributed by atoms with Crippen molar-refractivity contribution in [1.29, 1.82) is 0 Å². The van der Waals surface area contributed by atoms with E-state index in [1.165, 1.54) is 6.26 Å². The van der Waals surface area contributed by atoms with Gasteiger partial charge in [0.15, 0.2) is 9.84 Å². The van der Waals surface area contributed by atoms with Crippen molar-refractivity contribution in [2.24, 2.45) is 0 Å². The number of sulfone groups is 1. The summed E-state index contributed by atoms with van der Waals surface area (Å²) in [4.78, 5) is 2.03. The third-order valence-corrected chi connectivity index (χ3v) is 5.39. The summed E-state index contributed by atoms with van der Waals surface area (Å²) in [5, 5.41) is 3.17. The van der Waals surface area contributed by atoms with Gasteiger partial charge in [0.1, 0.15) is 0 Å². The van der Waals surface area contributed by atoms with E-state index >= 15 is 0 Å². The van der Waals surface area contributed by atoms with Gasteiger partial charge in [0.2, 0.25) is 0 Å². The van der Waals surface area contributed by atoms with E-state index in [-0.39, 0.29) is 11.3 Å². The summed E-state index contributed by atoms with van der Waals surface area (Å²) in [6, 6.07) is 8.03. The highest BCUT2D eigenvalue weighted by molar-refractivity contribution is 7.91. The van der Waals surface area contributed by atoms with Gasteiger partial charge >= 0.3 is 0 Å². The lowest BCUT2D eigenvalue weighted by molar-refractivity contribution is 0.579. The first-order valence-electron chi connectivity index (χ1n) is 6.61. The smallest absolute Gasteiger partial charge is 0.152 e. The van der Waals surface area contributed by atoms with Crippen molar-refractivity contribution in [1.82, 2.24) is 0 Å². The highest BCUT2D eigenvalue weighted by Gasteiger charge is 2.34. The van der Waals surface area contributed by atoms with Crippen LogP contribution in [0.4, 0.5) is 11.4 Å². The van der Waals surface area contributed by atoms with Crippen molar-refractivity contribution in [2.75, 3.05) is 30.6 Å².